The van der Waals surface area contributed by atoms with Gasteiger partial charge in [0.25, 0.3) is 0 Å². The van der Waals surface area contributed by atoms with Crippen molar-refractivity contribution in [2.75, 3.05) is 11.4 Å². The van der Waals surface area contributed by atoms with Crippen LogP contribution in [0.25, 0.3) is 0 Å². The van der Waals surface area contributed by atoms with Crippen LogP contribution in [0.2, 0.25) is 0 Å². The number of hydrogen-bond acceptors (Lipinski definition) is 5. The van der Waals surface area contributed by atoms with Crippen LogP contribution < -0.4 is 4.90 Å². The number of hydrogen-bond donors (Lipinski definition) is 0. The lowest BCUT2D eigenvalue weighted by molar-refractivity contribution is -0.117. The van der Waals surface area contributed by atoms with E-state index in [4.69, 9.17) is 5.26 Å². The Morgan fingerprint density at radius 3 is 2.69 bits per heavy atom. The lowest BCUT2D eigenvalue weighted by Gasteiger charge is -2.25. The van der Waals surface area contributed by atoms with E-state index in [-0.39, 0.29) is 17.6 Å². The smallest absolute Gasteiger partial charge is 0.240 e. The molecule has 0 aliphatic heterocycles. The first-order chi connectivity index (χ1) is 12.5. The van der Waals surface area contributed by atoms with Crippen LogP contribution in [-0.2, 0) is 11.3 Å². The van der Waals surface area contributed by atoms with Gasteiger partial charge in [0.05, 0.1) is 17.7 Å². The highest BCUT2D eigenvalue weighted by Crippen LogP contribution is 2.26. The summed E-state index contributed by atoms with van der Waals surface area (Å²) in [5.41, 5.74) is 1.92. The van der Waals surface area contributed by atoms with Crippen LogP contribution in [0.1, 0.15) is 24.7 Å². The number of thioether (sulfide) groups is 1. The zero-order valence-electron chi connectivity index (χ0n) is 15.3. The molecular weight excluding hydrogens is 346 g/mol. The summed E-state index contributed by atoms with van der Waals surface area (Å²) in [6.07, 6.45) is 2.06. The number of rotatable bonds is 8. The molecule has 0 aliphatic rings. The van der Waals surface area contributed by atoms with Crippen LogP contribution >= 0.6 is 11.8 Å². The summed E-state index contributed by atoms with van der Waals surface area (Å²) in [4.78, 5) is 14.7. The van der Waals surface area contributed by atoms with Gasteiger partial charge in [0.1, 0.15) is 5.82 Å². The van der Waals surface area contributed by atoms with E-state index in [9.17, 15) is 4.79 Å². The second kappa shape index (κ2) is 9.20. The highest BCUT2D eigenvalue weighted by molar-refractivity contribution is 8.00. The lowest BCUT2D eigenvalue weighted by Crippen LogP contribution is -2.37. The summed E-state index contributed by atoms with van der Waals surface area (Å²) in [5, 5.41) is 17.5. The Balaban J connectivity index is 2.20. The Hall–Kier alpha value is -2.59. The van der Waals surface area contributed by atoms with Crippen molar-refractivity contribution in [3.05, 3.63) is 48.3 Å². The number of anilines is 1. The lowest BCUT2D eigenvalue weighted by atomic mass is 10.2. The fraction of sp³-hybridized carbons (Fsp3) is 0.368. The van der Waals surface area contributed by atoms with Gasteiger partial charge in [-0.3, -0.25) is 4.79 Å². The normalized spacial score (nSPS) is 11.6. The molecule has 1 aromatic carbocycles. The fourth-order valence-corrected chi connectivity index (χ4v) is 3.44. The van der Waals surface area contributed by atoms with Gasteiger partial charge in [-0.05, 0) is 32.9 Å². The average molecular weight is 369 g/mol. The van der Waals surface area contributed by atoms with Gasteiger partial charge in [-0.15, -0.1) is 16.8 Å². The third kappa shape index (κ3) is 4.73. The molecule has 1 atom stereocenters. The maximum Gasteiger partial charge on any atom is 0.240 e. The van der Waals surface area contributed by atoms with Gasteiger partial charge < -0.3 is 9.47 Å². The van der Waals surface area contributed by atoms with E-state index in [1.54, 1.807) is 11.0 Å². The minimum Gasteiger partial charge on any atom is -0.310 e. The molecule has 0 bridgehead atoms. The van der Waals surface area contributed by atoms with Gasteiger partial charge in [-0.1, -0.05) is 35.5 Å². The van der Waals surface area contributed by atoms with Crippen molar-refractivity contribution >= 4 is 23.4 Å². The molecule has 1 unspecified atom stereocenters. The second-order valence-corrected chi connectivity index (χ2v) is 7.23. The molecule has 0 radical (unpaired) electrons. The molecule has 1 aromatic heterocycles. The Labute approximate surface area is 158 Å². The minimum atomic E-state index is -0.359. The number of aromatic nitrogens is 3. The summed E-state index contributed by atoms with van der Waals surface area (Å²) < 4.78 is 1.92. The molecule has 0 saturated heterocycles. The van der Waals surface area contributed by atoms with Gasteiger partial charge >= 0.3 is 0 Å². The molecule has 2 rings (SSSR count). The molecule has 0 spiro atoms. The van der Waals surface area contributed by atoms with Crippen molar-refractivity contribution < 1.29 is 4.79 Å². The molecule has 1 amide bonds. The van der Waals surface area contributed by atoms with E-state index >= 15 is 0 Å². The van der Waals surface area contributed by atoms with Crippen molar-refractivity contribution in [3.8, 4) is 6.07 Å². The highest BCUT2D eigenvalue weighted by Gasteiger charge is 2.25. The first kappa shape index (κ1) is 19.7. The van der Waals surface area contributed by atoms with E-state index in [0.717, 1.165) is 17.1 Å². The summed E-state index contributed by atoms with van der Waals surface area (Å²) in [6, 6.07) is 9.86. The van der Waals surface area contributed by atoms with Crippen molar-refractivity contribution in [1.29, 1.82) is 5.26 Å². The first-order valence-corrected chi connectivity index (χ1v) is 9.28. The molecule has 2 aromatic rings. The molecule has 7 heteroatoms. The number of nitriles is 1. The molecule has 1 heterocycles. The van der Waals surface area contributed by atoms with Gasteiger partial charge in [0.2, 0.25) is 5.91 Å². The SMILES string of the molecule is C=CCn1c(C)nnc1SC(C)C(=O)N(CCC#N)c1ccc(C)cc1. The maximum absolute atomic E-state index is 13.0. The van der Waals surface area contributed by atoms with E-state index in [1.165, 1.54) is 11.8 Å². The number of carbonyl (C=O) groups excluding carboxylic acids is 1. The van der Waals surface area contributed by atoms with Crippen LogP contribution in [0.5, 0.6) is 0 Å². The van der Waals surface area contributed by atoms with Gasteiger partial charge in [-0.2, -0.15) is 5.26 Å². The van der Waals surface area contributed by atoms with Gasteiger partial charge in [0, 0.05) is 18.8 Å². The summed E-state index contributed by atoms with van der Waals surface area (Å²) in [7, 11) is 0. The van der Waals surface area contributed by atoms with E-state index in [2.05, 4.69) is 22.8 Å². The van der Waals surface area contributed by atoms with E-state index < -0.39 is 0 Å². The standard InChI is InChI=1S/C19H23N5OS/c1-5-12-23-16(4)21-22-19(23)26-15(3)18(25)24(13-6-11-20)17-9-7-14(2)8-10-17/h5,7-10,15H,1,6,12-13H2,2-4H3. The van der Waals surface area contributed by atoms with Crippen molar-refractivity contribution in [2.45, 2.75) is 44.1 Å². The molecule has 0 aliphatic carbocycles. The van der Waals surface area contributed by atoms with Crippen molar-refractivity contribution in [3.63, 3.8) is 0 Å². The highest BCUT2D eigenvalue weighted by atomic mass is 32.2. The van der Waals surface area contributed by atoms with Crippen LogP contribution in [0.4, 0.5) is 5.69 Å². The average Bonchev–Trinajstić information content (AvgIpc) is 2.97. The number of carbonyl (C=O) groups is 1. The number of aryl methyl sites for hydroxylation is 2. The third-order valence-electron chi connectivity index (χ3n) is 3.90. The van der Waals surface area contributed by atoms with E-state index in [0.29, 0.717) is 18.2 Å². The largest absolute Gasteiger partial charge is 0.310 e. The van der Waals surface area contributed by atoms with Crippen molar-refractivity contribution in [1.82, 2.24) is 14.8 Å². The van der Waals surface area contributed by atoms with Gasteiger partial charge in [-0.25, -0.2) is 0 Å². The Kier molecular flexibility index (Phi) is 6.98. The van der Waals surface area contributed by atoms with E-state index in [1.807, 2.05) is 49.6 Å². The molecule has 26 heavy (non-hydrogen) atoms. The van der Waals surface area contributed by atoms with Crippen LogP contribution in [0, 0.1) is 25.2 Å². The molecular formula is C19H23N5OS. The Morgan fingerprint density at radius 2 is 2.08 bits per heavy atom. The predicted molar refractivity (Wildman–Crippen MR) is 104 cm³/mol. The summed E-state index contributed by atoms with van der Waals surface area (Å²) in [5.74, 6) is 0.729. The monoisotopic (exact) mass is 369 g/mol. The summed E-state index contributed by atoms with van der Waals surface area (Å²) in [6.45, 7) is 10.4. The second-order valence-electron chi connectivity index (χ2n) is 5.92. The molecule has 0 fully saturated rings. The van der Waals surface area contributed by atoms with Gasteiger partial charge in [0.15, 0.2) is 5.16 Å². The molecule has 136 valence electrons. The number of nitrogens with zero attached hydrogens (tertiary/aromatic N) is 5. The number of amides is 1. The van der Waals surface area contributed by atoms with Crippen LogP contribution in [0.15, 0.2) is 42.1 Å². The minimum absolute atomic E-state index is 0.0556. The van der Waals surface area contributed by atoms with Crippen molar-refractivity contribution in [2.24, 2.45) is 0 Å². The zero-order valence-corrected chi connectivity index (χ0v) is 16.2. The Morgan fingerprint density at radius 1 is 1.38 bits per heavy atom. The number of benzene rings is 1. The third-order valence-corrected chi connectivity index (χ3v) is 4.97. The fourth-order valence-electron chi connectivity index (χ4n) is 2.47. The predicted octanol–water partition coefficient (Wildman–Crippen LogP) is 3.51. The number of allylic oxidation sites excluding steroid dienone is 1. The molecule has 0 saturated carbocycles. The zero-order chi connectivity index (χ0) is 19.1. The quantitative estimate of drug-likeness (QED) is 0.526. The van der Waals surface area contributed by atoms with Crippen LogP contribution in [0.3, 0.4) is 0 Å². The molecule has 6 nitrogen and oxygen atoms in total. The maximum atomic E-state index is 13.0. The first-order valence-electron chi connectivity index (χ1n) is 8.40. The topological polar surface area (TPSA) is 74.8 Å². The summed E-state index contributed by atoms with van der Waals surface area (Å²) >= 11 is 1.37. The van der Waals surface area contributed by atoms with Crippen LogP contribution in [-0.4, -0.2) is 32.5 Å². The molecule has 0 N–H and O–H groups in total. The Bertz CT molecular complexity index is 806.